The van der Waals surface area contributed by atoms with Crippen molar-refractivity contribution in [1.82, 2.24) is 0 Å². The zero-order valence-electron chi connectivity index (χ0n) is 7.45. The lowest BCUT2D eigenvalue weighted by Gasteiger charge is -2.09. The summed E-state index contributed by atoms with van der Waals surface area (Å²) in [6, 6.07) is 0.792. The topological polar surface area (TPSA) is 63.3 Å². The van der Waals surface area contributed by atoms with Gasteiger partial charge in [-0.15, -0.1) is 0 Å². The summed E-state index contributed by atoms with van der Waals surface area (Å²) in [6.07, 6.45) is -2.79. The van der Waals surface area contributed by atoms with Crippen molar-refractivity contribution in [3.63, 3.8) is 0 Å². The highest BCUT2D eigenvalue weighted by Gasteiger charge is 2.20. The van der Waals surface area contributed by atoms with E-state index in [-0.39, 0.29) is 0 Å². The van der Waals surface area contributed by atoms with Crippen LogP contribution in [0.3, 0.4) is 0 Å². The highest BCUT2D eigenvalue weighted by atomic mass is 19.3. The average Bonchev–Trinajstić information content (AvgIpc) is 2.16. The molecule has 0 aliphatic carbocycles. The van der Waals surface area contributed by atoms with Crippen molar-refractivity contribution in [2.24, 2.45) is 5.73 Å². The van der Waals surface area contributed by atoms with Crippen LogP contribution in [0.2, 0.25) is 0 Å². The maximum absolute atomic E-state index is 13.1. The molecular formula is C9H8F3NO2. The van der Waals surface area contributed by atoms with Gasteiger partial charge in [0.25, 0.3) is 6.43 Å². The van der Waals surface area contributed by atoms with Gasteiger partial charge in [-0.05, 0) is 12.1 Å². The minimum absolute atomic E-state index is 0.444. The average molecular weight is 219 g/mol. The molecule has 0 spiro atoms. The van der Waals surface area contributed by atoms with E-state index in [0.717, 1.165) is 18.2 Å². The smallest absolute Gasteiger partial charge is 0.325 e. The van der Waals surface area contributed by atoms with Crippen LogP contribution >= 0.6 is 0 Å². The third-order valence-electron chi connectivity index (χ3n) is 1.87. The standard InChI is InChI=1S/C9H8F3NO2/c10-6-2-1-4(8(11)12)3-5(6)7(13)9(14)15/h1-3,7-8H,13H2,(H,14,15). The van der Waals surface area contributed by atoms with Crippen LogP contribution in [0.1, 0.15) is 23.6 Å². The Morgan fingerprint density at radius 1 is 1.40 bits per heavy atom. The Bertz CT molecular complexity index is 382. The van der Waals surface area contributed by atoms with Crippen LogP contribution in [-0.4, -0.2) is 11.1 Å². The van der Waals surface area contributed by atoms with E-state index >= 15 is 0 Å². The first-order chi connectivity index (χ1) is 6.93. The Balaban J connectivity index is 3.16. The Hall–Kier alpha value is -1.56. The van der Waals surface area contributed by atoms with Gasteiger partial charge in [0.1, 0.15) is 11.9 Å². The van der Waals surface area contributed by atoms with Crippen LogP contribution in [-0.2, 0) is 4.79 Å². The molecule has 0 bridgehead atoms. The molecular weight excluding hydrogens is 211 g/mol. The van der Waals surface area contributed by atoms with E-state index in [0.29, 0.717) is 0 Å². The van der Waals surface area contributed by atoms with Crippen LogP contribution in [0.5, 0.6) is 0 Å². The number of hydrogen-bond donors (Lipinski definition) is 2. The fourth-order valence-corrected chi connectivity index (χ4v) is 1.07. The predicted molar refractivity (Wildman–Crippen MR) is 45.9 cm³/mol. The molecule has 1 aromatic rings. The zero-order valence-corrected chi connectivity index (χ0v) is 7.45. The van der Waals surface area contributed by atoms with Gasteiger partial charge < -0.3 is 10.8 Å². The van der Waals surface area contributed by atoms with Gasteiger partial charge in [-0.1, -0.05) is 6.07 Å². The quantitative estimate of drug-likeness (QED) is 0.815. The van der Waals surface area contributed by atoms with Gasteiger partial charge in [0.15, 0.2) is 0 Å². The maximum atomic E-state index is 13.1. The highest BCUT2D eigenvalue weighted by Crippen LogP contribution is 2.24. The summed E-state index contributed by atoms with van der Waals surface area (Å²) in [5.74, 6) is -2.38. The van der Waals surface area contributed by atoms with Gasteiger partial charge in [-0.25, -0.2) is 13.2 Å². The second-order valence-electron chi connectivity index (χ2n) is 2.90. The summed E-state index contributed by atoms with van der Waals surface area (Å²) >= 11 is 0. The normalized spacial score (nSPS) is 12.9. The fraction of sp³-hybridized carbons (Fsp3) is 0.222. The SMILES string of the molecule is NC(C(=O)O)c1cc(C(F)F)ccc1F. The monoisotopic (exact) mass is 219 g/mol. The summed E-state index contributed by atoms with van der Waals surface area (Å²) in [7, 11) is 0. The Morgan fingerprint density at radius 2 is 2.00 bits per heavy atom. The van der Waals surface area contributed by atoms with E-state index in [9.17, 15) is 18.0 Å². The summed E-state index contributed by atoms with van der Waals surface area (Å²) in [4.78, 5) is 10.5. The van der Waals surface area contributed by atoms with Gasteiger partial charge in [-0.3, -0.25) is 4.79 Å². The van der Waals surface area contributed by atoms with Crippen molar-refractivity contribution in [1.29, 1.82) is 0 Å². The molecule has 0 saturated carbocycles. The first kappa shape index (κ1) is 11.5. The van der Waals surface area contributed by atoms with E-state index in [2.05, 4.69) is 0 Å². The lowest BCUT2D eigenvalue weighted by atomic mass is 10.0. The number of hydrogen-bond acceptors (Lipinski definition) is 2. The number of benzene rings is 1. The molecule has 3 nitrogen and oxygen atoms in total. The van der Waals surface area contributed by atoms with Gasteiger partial charge in [0.05, 0.1) is 0 Å². The molecule has 1 rings (SSSR count). The third kappa shape index (κ3) is 2.47. The predicted octanol–water partition coefficient (Wildman–Crippen LogP) is 1.85. The van der Waals surface area contributed by atoms with Gasteiger partial charge in [0.2, 0.25) is 0 Å². The minimum atomic E-state index is -2.79. The number of alkyl halides is 2. The molecule has 6 heteroatoms. The lowest BCUT2D eigenvalue weighted by molar-refractivity contribution is -0.138. The number of halogens is 3. The van der Waals surface area contributed by atoms with Crippen molar-refractivity contribution >= 4 is 5.97 Å². The summed E-state index contributed by atoms with van der Waals surface area (Å²) < 4.78 is 37.5. The van der Waals surface area contributed by atoms with E-state index in [1.807, 2.05) is 0 Å². The molecule has 0 amide bonds. The number of aliphatic carboxylic acids is 1. The largest absolute Gasteiger partial charge is 0.480 e. The van der Waals surface area contributed by atoms with Gasteiger partial charge >= 0.3 is 5.97 Å². The minimum Gasteiger partial charge on any atom is -0.480 e. The molecule has 0 heterocycles. The van der Waals surface area contributed by atoms with E-state index in [4.69, 9.17) is 10.8 Å². The van der Waals surface area contributed by atoms with E-state index in [1.54, 1.807) is 0 Å². The molecule has 15 heavy (non-hydrogen) atoms. The van der Waals surface area contributed by atoms with E-state index < -0.39 is 35.4 Å². The van der Waals surface area contributed by atoms with Crippen molar-refractivity contribution in [3.05, 3.63) is 35.1 Å². The second-order valence-corrected chi connectivity index (χ2v) is 2.90. The molecule has 0 radical (unpaired) electrons. The zero-order chi connectivity index (χ0) is 11.6. The molecule has 0 aliphatic rings. The molecule has 0 aromatic heterocycles. The van der Waals surface area contributed by atoms with Crippen molar-refractivity contribution in [2.75, 3.05) is 0 Å². The van der Waals surface area contributed by atoms with Crippen LogP contribution in [0.15, 0.2) is 18.2 Å². The molecule has 3 N–H and O–H groups in total. The number of nitrogens with two attached hydrogens (primary N) is 1. The summed E-state index contributed by atoms with van der Waals surface area (Å²) in [5.41, 5.74) is 4.22. The third-order valence-corrected chi connectivity index (χ3v) is 1.87. The van der Waals surface area contributed by atoms with Crippen LogP contribution in [0, 0.1) is 5.82 Å². The number of carboxylic acid groups (broad SMARTS) is 1. The van der Waals surface area contributed by atoms with Crippen LogP contribution < -0.4 is 5.73 Å². The van der Waals surface area contributed by atoms with Gasteiger partial charge in [0, 0.05) is 11.1 Å². The van der Waals surface area contributed by atoms with Crippen LogP contribution in [0.25, 0.3) is 0 Å². The number of carbonyl (C=O) groups is 1. The fourth-order valence-electron chi connectivity index (χ4n) is 1.07. The Kier molecular flexibility index (Phi) is 3.31. The molecule has 1 aromatic carbocycles. The Labute approximate surface area is 83.3 Å². The summed E-state index contributed by atoms with van der Waals surface area (Å²) in [6.45, 7) is 0. The summed E-state index contributed by atoms with van der Waals surface area (Å²) in [5, 5.41) is 8.51. The lowest BCUT2D eigenvalue weighted by Crippen LogP contribution is -2.22. The van der Waals surface area contributed by atoms with Crippen LogP contribution in [0.4, 0.5) is 13.2 Å². The maximum Gasteiger partial charge on any atom is 0.325 e. The molecule has 0 fully saturated rings. The first-order valence-electron chi connectivity index (χ1n) is 3.99. The van der Waals surface area contributed by atoms with Crippen molar-refractivity contribution in [3.8, 4) is 0 Å². The van der Waals surface area contributed by atoms with Crippen molar-refractivity contribution in [2.45, 2.75) is 12.5 Å². The number of rotatable bonds is 3. The molecule has 82 valence electrons. The molecule has 1 unspecified atom stereocenters. The van der Waals surface area contributed by atoms with Crippen molar-refractivity contribution < 1.29 is 23.1 Å². The number of carboxylic acids is 1. The highest BCUT2D eigenvalue weighted by molar-refractivity contribution is 5.75. The second kappa shape index (κ2) is 4.31. The molecule has 0 aliphatic heterocycles. The van der Waals surface area contributed by atoms with Gasteiger partial charge in [-0.2, -0.15) is 0 Å². The first-order valence-corrected chi connectivity index (χ1v) is 3.99. The van der Waals surface area contributed by atoms with E-state index in [1.165, 1.54) is 0 Å². The molecule has 0 saturated heterocycles. The Morgan fingerprint density at radius 3 is 2.47 bits per heavy atom. The molecule has 1 atom stereocenters.